The second-order valence-electron chi connectivity index (χ2n) is 7.61. The van der Waals surface area contributed by atoms with Crippen LogP contribution in [0.15, 0.2) is 66.2 Å². The first-order valence-electron chi connectivity index (χ1n) is 10.3. The molecule has 0 saturated carbocycles. The number of piperazine rings is 1. The molecule has 3 aromatic heterocycles. The highest BCUT2D eigenvalue weighted by Crippen LogP contribution is 2.31. The number of anilines is 4. The molecule has 0 amide bonds. The second kappa shape index (κ2) is 7.55. The lowest BCUT2D eigenvalue weighted by atomic mass is 10.2. The van der Waals surface area contributed by atoms with Gasteiger partial charge in [-0.15, -0.1) is 11.3 Å². The number of aromatic amines is 1. The lowest BCUT2D eigenvalue weighted by Gasteiger charge is -2.36. The number of hydrogen-bond donors (Lipinski definition) is 2. The molecule has 2 N–H and O–H groups in total. The zero-order valence-corrected chi connectivity index (χ0v) is 17.6. The molecule has 8 heteroatoms. The summed E-state index contributed by atoms with van der Waals surface area (Å²) in [4.78, 5) is 14.5. The molecule has 2 aromatic carbocycles. The number of nitrogens with zero attached hydrogens (tertiary/aromatic N) is 5. The van der Waals surface area contributed by atoms with Crippen LogP contribution in [0.25, 0.3) is 21.1 Å². The molecule has 0 unspecified atom stereocenters. The van der Waals surface area contributed by atoms with Crippen LogP contribution in [0.4, 0.5) is 23.1 Å². The summed E-state index contributed by atoms with van der Waals surface area (Å²) in [5.74, 6) is 1.63. The zero-order chi connectivity index (χ0) is 20.6. The number of aromatic nitrogens is 4. The van der Waals surface area contributed by atoms with Crippen LogP contribution in [0.1, 0.15) is 0 Å². The molecule has 1 aliphatic heterocycles. The maximum absolute atomic E-state index is 4.93. The van der Waals surface area contributed by atoms with Gasteiger partial charge in [-0.25, -0.2) is 4.98 Å². The Balaban J connectivity index is 1.27. The van der Waals surface area contributed by atoms with Crippen LogP contribution >= 0.6 is 11.3 Å². The fourth-order valence-electron chi connectivity index (χ4n) is 4.04. The first-order valence-corrected chi connectivity index (χ1v) is 11.2. The average molecular weight is 428 g/mol. The second-order valence-corrected chi connectivity index (χ2v) is 8.53. The van der Waals surface area contributed by atoms with Gasteiger partial charge in [0, 0.05) is 42.9 Å². The third kappa shape index (κ3) is 3.44. The van der Waals surface area contributed by atoms with Gasteiger partial charge in [-0.2, -0.15) is 10.1 Å². The topological polar surface area (TPSA) is 73.0 Å². The van der Waals surface area contributed by atoms with E-state index in [2.05, 4.69) is 73.2 Å². The number of fused-ring (bicyclic) bond motifs is 2. The van der Waals surface area contributed by atoms with Crippen LogP contribution in [0, 0.1) is 0 Å². The monoisotopic (exact) mass is 427 g/mol. The van der Waals surface area contributed by atoms with Crippen molar-refractivity contribution in [2.75, 3.05) is 41.3 Å². The first kappa shape index (κ1) is 18.1. The molecule has 0 atom stereocenters. The van der Waals surface area contributed by atoms with E-state index in [1.807, 2.05) is 18.3 Å². The van der Waals surface area contributed by atoms with E-state index in [0.29, 0.717) is 0 Å². The fraction of sp³-hybridized carbons (Fsp3) is 0.174. The number of benzene rings is 2. The SMILES string of the molecule is c1ccc(N2CCN(c3nc(Nc4ccc5[nH]ncc5c4)c4sccc4n3)CC2)cc1. The smallest absolute Gasteiger partial charge is 0.228 e. The molecule has 31 heavy (non-hydrogen) atoms. The van der Waals surface area contributed by atoms with E-state index in [-0.39, 0.29) is 0 Å². The Bertz CT molecular complexity index is 1340. The molecular formula is C23H21N7S. The number of nitrogens with one attached hydrogen (secondary N) is 2. The molecular weight excluding hydrogens is 406 g/mol. The molecule has 1 fully saturated rings. The van der Waals surface area contributed by atoms with E-state index in [1.165, 1.54) is 5.69 Å². The summed E-state index contributed by atoms with van der Waals surface area (Å²) in [7, 11) is 0. The van der Waals surface area contributed by atoms with Gasteiger partial charge in [0.1, 0.15) is 0 Å². The highest BCUT2D eigenvalue weighted by atomic mass is 32.1. The van der Waals surface area contributed by atoms with E-state index < -0.39 is 0 Å². The van der Waals surface area contributed by atoms with Gasteiger partial charge in [-0.3, -0.25) is 5.10 Å². The summed E-state index contributed by atoms with van der Waals surface area (Å²) < 4.78 is 1.07. The minimum Gasteiger partial charge on any atom is -0.368 e. The molecule has 6 rings (SSSR count). The molecule has 0 spiro atoms. The van der Waals surface area contributed by atoms with Gasteiger partial charge in [-0.05, 0) is 41.8 Å². The lowest BCUT2D eigenvalue weighted by molar-refractivity contribution is 0.641. The van der Waals surface area contributed by atoms with Gasteiger partial charge < -0.3 is 15.1 Å². The molecule has 0 aliphatic carbocycles. The predicted molar refractivity (Wildman–Crippen MR) is 128 cm³/mol. The highest BCUT2D eigenvalue weighted by Gasteiger charge is 2.21. The Morgan fingerprint density at radius 3 is 2.61 bits per heavy atom. The summed E-state index contributed by atoms with van der Waals surface area (Å²) in [6, 6.07) is 18.8. The maximum Gasteiger partial charge on any atom is 0.228 e. The molecule has 7 nitrogen and oxygen atoms in total. The number of H-pyrrole nitrogens is 1. The van der Waals surface area contributed by atoms with Crippen molar-refractivity contribution >= 4 is 55.6 Å². The van der Waals surface area contributed by atoms with Crippen molar-refractivity contribution in [2.24, 2.45) is 0 Å². The van der Waals surface area contributed by atoms with Crippen molar-refractivity contribution in [1.82, 2.24) is 20.2 Å². The van der Waals surface area contributed by atoms with Crippen molar-refractivity contribution < 1.29 is 0 Å². The van der Waals surface area contributed by atoms with Crippen LogP contribution < -0.4 is 15.1 Å². The van der Waals surface area contributed by atoms with Crippen molar-refractivity contribution in [2.45, 2.75) is 0 Å². The highest BCUT2D eigenvalue weighted by molar-refractivity contribution is 7.17. The van der Waals surface area contributed by atoms with Gasteiger partial charge >= 0.3 is 0 Å². The Morgan fingerprint density at radius 2 is 1.74 bits per heavy atom. The van der Waals surface area contributed by atoms with Crippen LogP contribution in [-0.2, 0) is 0 Å². The molecule has 4 heterocycles. The maximum atomic E-state index is 4.93. The van der Waals surface area contributed by atoms with E-state index in [4.69, 9.17) is 9.97 Å². The summed E-state index contributed by atoms with van der Waals surface area (Å²) in [6.45, 7) is 3.69. The Kier molecular flexibility index (Phi) is 4.42. The quantitative estimate of drug-likeness (QED) is 0.435. The zero-order valence-electron chi connectivity index (χ0n) is 16.8. The number of thiophene rings is 1. The minimum absolute atomic E-state index is 0.783. The molecule has 0 bridgehead atoms. The van der Waals surface area contributed by atoms with Crippen LogP contribution in [-0.4, -0.2) is 46.3 Å². The summed E-state index contributed by atoms with van der Waals surface area (Å²) in [5, 5.41) is 13.7. The number of hydrogen-bond acceptors (Lipinski definition) is 7. The summed E-state index contributed by atoms with van der Waals surface area (Å²) in [5.41, 5.74) is 4.26. The third-order valence-electron chi connectivity index (χ3n) is 5.68. The number of rotatable bonds is 4. The fourth-order valence-corrected chi connectivity index (χ4v) is 4.81. The van der Waals surface area contributed by atoms with Gasteiger partial charge in [0.05, 0.1) is 21.9 Å². The molecule has 1 saturated heterocycles. The average Bonchev–Trinajstić information content (AvgIpc) is 3.49. The van der Waals surface area contributed by atoms with E-state index in [9.17, 15) is 0 Å². The van der Waals surface area contributed by atoms with E-state index in [0.717, 1.165) is 64.8 Å². The van der Waals surface area contributed by atoms with Gasteiger partial charge in [0.2, 0.25) is 5.95 Å². The van der Waals surface area contributed by atoms with Crippen molar-refractivity contribution in [3.05, 3.63) is 66.2 Å². The molecule has 5 aromatic rings. The van der Waals surface area contributed by atoms with Gasteiger partial charge in [0.25, 0.3) is 0 Å². The first-order chi connectivity index (χ1) is 15.3. The van der Waals surface area contributed by atoms with Crippen molar-refractivity contribution in [3.8, 4) is 0 Å². The van der Waals surface area contributed by atoms with Crippen LogP contribution in [0.5, 0.6) is 0 Å². The standard InChI is InChI=1S/C23H21N7S/c1-2-4-18(5-3-1)29-9-11-30(12-10-29)23-26-20-8-13-31-21(20)22(27-23)25-17-6-7-19-16(14-17)15-24-28-19/h1-8,13-15H,9-12H2,(H,24,28)(H,25,26,27). The Morgan fingerprint density at radius 1 is 0.903 bits per heavy atom. The normalized spacial score (nSPS) is 14.5. The van der Waals surface area contributed by atoms with Gasteiger partial charge in [-0.1, -0.05) is 18.2 Å². The van der Waals surface area contributed by atoms with Crippen LogP contribution in [0.3, 0.4) is 0 Å². The molecule has 154 valence electrons. The van der Waals surface area contributed by atoms with Crippen molar-refractivity contribution in [1.29, 1.82) is 0 Å². The lowest BCUT2D eigenvalue weighted by Crippen LogP contribution is -2.47. The minimum atomic E-state index is 0.783. The molecule has 1 aliphatic rings. The summed E-state index contributed by atoms with van der Waals surface area (Å²) in [6.07, 6.45) is 1.83. The van der Waals surface area contributed by atoms with Crippen molar-refractivity contribution in [3.63, 3.8) is 0 Å². The molecule has 0 radical (unpaired) electrons. The Hall–Kier alpha value is -3.65. The largest absolute Gasteiger partial charge is 0.368 e. The predicted octanol–water partition coefficient (Wildman–Crippen LogP) is 4.64. The summed E-state index contributed by atoms with van der Waals surface area (Å²) >= 11 is 1.66. The van der Waals surface area contributed by atoms with E-state index >= 15 is 0 Å². The Labute approximate surface area is 183 Å². The number of para-hydroxylation sites is 1. The van der Waals surface area contributed by atoms with Gasteiger partial charge in [0.15, 0.2) is 5.82 Å². The third-order valence-corrected chi connectivity index (χ3v) is 6.59. The van der Waals surface area contributed by atoms with Crippen LogP contribution in [0.2, 0.25) is 0 Å². The van der Waals surface area contributed by atoms with E-state index in [1.54, 1.807) is 11.3 Å².